The van der Waals surface area contributed by atoms with Gasteiger partial charge in [0, 0.05) is 0 Å². The molecule has 1 saturated carbocycles. The quantitative estimate of drug-likeness (QED) is 0.499. The Balaban J connectivity index is 1.97. The minimum atomic E-state index is -0.790. The molecule has 0 nitrogen and oxygen atoms in total. The maximum absolute atomic E-state index is 13.4. The van der Waals surface area contributed by atoms with E-state index in [9.17, 15) is 8.78 Å². The minimum Gasteiger partial charge on any atom is -0.204 e. The van der Waals surface area contributed by atoms with E-state index in [4.69, 9.17) is 0 Å². The Morgan fingerprint density at radius 3 is 2.35 bits per heavy atom. The molecule has 0 aliphatic heterocycles. The van der Waals surface area contributed by atoms with Gasteiger partial charge in [-0.3, -0.25) is 0 Å². The molecule has 1 fully saturated rings. The second-order valence-corrected chi connectivity index (χ2v) is 6.63. The molecule has 0 bridgehead atoms. The molecule has 1 aliphatic carbocycles. The van der Waals surface area contributed by atoms with Crippen LogP contribution in [-0.2, 0) is 0 Å². The maximum atomic E-state index is 13.4. The number of benzene rings is 1. The van der Waals surface area contributed by atoms with E-state index in [2.05, 4.69) is 32.1 Å². The van der Waals surface area contributed by atoms with Crippen molar-refractivity contribution in [2.45, 2.75) is 58.8 Å². The summed E-state index contributed by atoms with van der Waals surface area (Å²) in [4.78, 5) is 0. The lowest BCUT2D eigenvalue weighted by molar-refractivity contribution is 0.271. The van der Waals surface area contributed by atoms with Crippen LogP contribution in [0.2, 0.25) is 0 Å². The average molecular weight is 318 g/mol. The summed E-state index contributed by atoms with van der Waals surface area (Å²) in [6, 6.07) is 4.14. The van der Waals surface area contributed by atoms with Gasteiger partial charge in [-0.15, -0.1) is 0 Å². The third kappa shape index (κ3) is 5.30. The van der Waals surface area contributed by atoms with E-state index >= 15 is 0 Å². The Labute approximate surface area is 139 Å². The second-order valence-electron chi connectivity index (χ2n) is 6.63. The number of hydrogen-bond donors (Lipinski definition) is 0. The monoisotopic (exact) mass is 318 g/mol. The van der Waals surface area contributed by atoms with Crippen LogP contribution in [-0.4, -0.2) is 0 Å². The smallest absolute Gasteiger partial charge is 0.159 e. The largest absolute Gasteiger partial charge is 0.204 e. The molecule has 0 heterocycles. The van der Waals surface area contributed by atoms with Crippen molar-refractivity contribution >= 4 is 5.57 Å². The summed E-state index contributed by atoms with van der Waals surface area (Å²) in [5.41, 5.74) is 1.73. The van der Waals surface area contributed by atoms with Crippen LogP contribution in [0.25, 0.3) is 5.57 Å². The highest BCUT2D eigenvalue weighted by Crippen LogP contribution is 2.32. The third-order valence-corrected chi connectivity index (χ3v) is 4.99. The fourth-order valence-electron chi connectivity index (χ4n) is 3.44. The molecule has 2 heteroatoms. The molecule has 0 saturated heterocycles. The SMILES string of the molecule is CC/C=C(\C=C/CC1CCC(CC)CC1)c1ccc(F)c(F)c1. The lowest BCUT2D eigenvalue weighted by Gasteiger charge is -2.26. The summed E-state index contributed by atoms with van der Waals surface area (Å²) in [6.45, 7) is 4.34. The van der Waals surface area contributed by atoms with Crippen LogP contribution in [0.1, 0.15) is 64.4 Å². The van der Waals surface area contributed by atoms with Crippen LogP contribution in [0.4, 0.5) is 8.78 Å². The van der Waals surface area contributed by atoms with Gasteiger partial charge < -0.3 is 0 Å². The Morgan fingerprint density at radius 1 is 1.04 bits per heavy atom. The van der Waals surface area contributed by atoms with E-state index in [1.807, 2.05) is 0 Å². The van der Waals surface area contributed by atoms with Gasteiger partial charge in [-0.2, -0.15) is 0 Å². The van der Waals surface area contributed by atoms with E-state index in [0.717, 1.165) is 35.8 Å². The van der Waals surface area contributed by atoms with Crippen LogP contribution in [0.3, 0.4) is 0 Å². The second kappa shape index (κ2) is 9.00. The summed E-state index contributed by atoms with van der Waals surface area (Å²) in [7, 11) is 0. The summed E-state index contributed by atoms with van der Waals surface area (Å²) >= 11 is 0. The van der Waals surface area contributed by atoms with Crippen molar-refractivity contribution in [2.75, 3.05) is 0 Å². The van der Waals surface area contributed by atoms with Crippen molar-refractivity contribution in [3.8, 4) is 0 Å². The number of halogens is 2. The van der Waals surface area contributed by atoms with Gasteiger partial charge in [0.15, 0.2) is 11.6 Å². The molecule has 0 unspecified atom stereocenters. The molecule has 1 aromatic rings. The first-order valence-electron chi connectivity index (χ1n) is 8.96. The highest BCUT2D eigenvalue weighted by Gasteiger charge is 2.18. The first-order valence-corrected chi connectivity index (χ1v) is 8.96. The Kier molecular flexibility index (Phi) is 7.01. The first kappa shape index (κ1) is 17.9. The van der Waals surface area contributed by atoms with Gasteiger partial charge >= 0.3 is 0 Å². The first-order chi connectivity index (χ1) is 11.1. The van der Waals surface area contributed by atoms with Crippen LogP contribution >= 0.6 is 0 Å². The van der Waals surface area contributed by atoms with Crippen molar-refractivity contribution in [3.05, 3.63) is 53.6 Å². The minimum absolute atomic E-state index is 0.747. The molecule has 0 N–H and O–H groups in total. The van der Waals surface area contributed by atoms with Gasteiger partial charge in [-0.05, 0) is 60.8 Å². The maximum Gasteiger partial charge on any atom is 0.159 e. The molecule has 0 aromatic heterocycles. The van der Waals surface area contributed by atoms with Crippen molar-refractivity contribution < 1.29 is 8.78 Å². The fourth-order valence-corrected chi connectivity index (χ4v) is 3.44. The third-order valence-electron chi connectivity index (χ3n) is 4.99. The van der Waals surface area contributed by atoms with Gasteiger partial charge in [-0.1, -0.05) is 57.4 Å². The highest BCUT2D eigenvalue weighted by molar-refractivity contribution is 5.73. The fraction of sp³-hybridized carbons (Fsp3) is 0.524. The zero-order valence-corrected chi connectivity index (χ0v) is 14.3. The predicted octanol–water partition coefficient (Wildman–Crippen LogP) is 6.92. The van der Waals surface area contributed by atoms with Crippen molar-refractivity contribution in [3.63, 3.8) is 0 Å². The molecule has 126 valence electrons. The summed E-state index contributed by atoms with van der Waals surface area (Å²) < 4.78 is 26.5. The summed E-state index contributed by atoms with van der Waals surface area (Å²) in [5, 5.41) is 0. The number of allylic oxidation sites excluding steroid dienone is 4. The van der Waals surface area contributed by atoms with Gasteiger partial charge in [-0.25, -0.2) is 8.78 Å². The highest BCUT2D eigenvalue weighted by atomic mass is 19.2. The van der Waals surface area contributed by atoms with E-state index < -0.39 is 11.6 Å². The van der Waals surface area contributed by atoms with Gasteiger partial charge in [0.2, 0.25) is 0 Å². The molecule has 0 spiro atoms. The van der Waals surface area contributed by atoms with Gasteiger partial charge in [0.25, 0.3) is 0 Å². The van der Waals surface area contributed by atoms with E-state index in [1.54, 1.807) is 6.07 Å². The van der Waals surface area contributed by atoms with Gasteiger partial charge in [0.05, 0.1) is 0 Å². The van der Waals surface area contributed by atoms with Crippen LogP contribution in [0.15, 0.2) is 36.4 Å². The number of hydrogen-bond acceptors (Lipinski definition) is 0. The van der Waals surface area contributed by atoms with Crippen molar-refractivity contribution in [2.24, 2.45) is 11.8 Å². The molecule has 0 atom stereocenters. The lowest BCUT2D eigenvalue weighted by Crippen LogP contribution is -2.13. The lowest BCUT2D eigenvalue weighted by atomic mass is 9.79. The number of rotatable bonds is 6. The molecule has 2 rings (SSSR count). The Morgan fingerprint density at radius 2 is 1.74 bits per heavy atom. The zero-order valence-electron chi connectivity index (χ0n) is 14.3. The van der Waals surface area contributed by atoms with Crippen LogP contribution in [0.5, 0.6) is 0 Å². The normalized spacial score (nSPS) is 22.7. The van der Waals surface area contributed by atoms with Crippen molar-refractivity contribution in [1.29, 1.82) is 0 Å². The Hall–Kier alpha value is -1.44. The predicted molar refractivity (Wildman–Crippen MR) is 94.1 cm³/mol. The summed E-state index contributed by atoms with van der Waals surface area (Å²) in [6.07, 6.45) is 15.0. The zero-order chi connectivity index (χ0) is 16.7. The van der Waals surface area contributed by atoms with E-state index in [1.165, 1.54) is 44.2 Å². The molecular formula is C21H28F2. The molecule has 23 heavy (non-hydrogen) atoms. The van der Waals surface area contributed by atoms with Crippen LogP contribution in [0, 0.1) is 23.5 Å². The van der Waals surface area contributed by atoms with Gasteiger partial charge in [0.1, 0.15) is 0 Å². The molecular weight excluding hydrogens is 290 g/mol. The van der Waals surface area contributed by atoms with E-state index in [0.29, 0.717) is 0 Å². The van der Waals surface area contributed by atoms with E-state index in [-0.39, 0.29) is 0 Å². The van der Waals surface area contributed by atoms with Crippen LogP contribution < -0.4 is 0 Å². The standard InChI is InChI=1S/C21H28F2/c1-3-6-18(19-13-14-20(22)21(23)15-19)8-5-7-17-11-9-16(4-2)10-12-17/h5-6,8,13-17H,3-4,7,9-12H2,1-2H3/b8-5-,18-6+. The Bertz CT molecular complexity index is 549. The molecule has 1 aliphatic rings. The molecule has 1 aromatic carbocycles. The molecule has 0 amide bonds. The summed E-state index contributed by atoms with van der Waals surface area (Å²) in [5.74, 6) is 0.131. The van der Waals surface area contributed by atoms with Crippen molar-refractivity contribution in [1.82, 2.24) is 0 Å². The molecule has 0 radical (unpaired) electrons. The topological polar surface area (TPSA) is 0 Å². The average Bonchev–Trinajstić information content (AvgIpc) is 2.57.